The monoisotopic (exact) mass is 599 g/mol. The summed E-state index contributed by atoms with van der Waals surface area (Å²) in [4.78, 5) is 0. The summed E-state index contributed by atoms with van der Waals surface area (Å²) in [5, 5.41) is 33.2. The van der Waals surface area contributed by atoms with Crippen LogP contribution >= 0.6 is 0 Å². The first kappa shape index (κ1) is 26.8. The smallest absolute Gasteiger partial charge is 0.0991 e. The van der Waals surface area contributed by atoms with Crippen molar-refractivity contribution >= 4 is 43.6 Å². The van der Waals surface area contributed by atoms with Crippen LogP contribution < -0.4 is 0 Å². The number of para-hydroxylation sites is 1. The van der Waals surface area contributed by atoms with E-state index in [-0.39, 0.29) is 5.41 Å². The SMILES string of the molecule is CC1(C)c2ccc(C#N)cc2-c2cc3c4ccccc4n(-c4cccc(-n5c6ccc(C#N)cc6c6cc(C#N)ccc65)c4)c3cc21. The van der Waals surface area contributed by atoms with Crippen LogP contribution in [-0.2, 0) is 5.41 Å². The predicted molar refractivity (Wildman–Crippen MR) is 187 cm³/mol. The Bertz CT molecular complexity index is 2730. The van der Waals surface area contributed by atoms with Gasteiger partial charge in [-0.05, 0) is 107 Å². The third kappa shape index (κ3) is 3.62. The Labute approximate surface area is 271 Å². The molecule has 0 unspecified atom stereocenters. The molecule has 1 aliphatic rings. The molecule has 0 saturated carbocycles. The quantitative estimate of drug-likeness (QED) is 0.198. The van der Waals surface area contributed by atoms with E-state index in [1.165, 1.54) is 27.5 Å². The van der Waals surface area contributed by atoms with E-state index >= 15 is 0 Å². The minimum atomic E-state index is -0.219. The number of aromatic nitrogens is 2. The van der Waals surface area contributed by atoms with Gasteiger partial charge in [0.1, 0.15) is 0 Å². The molecule has 8 aromatic rings. The van der Waals surface area contributed by atoms with Crippen LogP contribution in [0.25, 0.3) is 66.1 Å². The average Bonchev–Trinajstić information content (AvgIpc) is 3.69. The van der Waals surface area contributed by atoms with Crippen LogP contribution in [0.15, 0.2) is 115 Å². The van der Waals surface area contributed by atoms with Gasteiger partial charge in [0.05, 0.1) is 57.0 Å². The van der Waals surface area contributed by atoms with Gasteiger partial charge < -0.3 is 9.13 Å². The Morgan fingerprint density at radius 1 is 0.447 bits per heavy atom. The van der Waals surface area contributed by atoms with E-state index in [2.05, 4.69) is 108 Å². The van der Waals surface area contributed by atoms with Crippen molar-refractivity contribution in [3.8, 4) is 40.7 Å². The molecule has 5 heteroatoms. The predicted octanol–water partition coefficient (Wildman–Crippen LogP) is 9.80. The van der Waals surface area contributed by atoms with Crippen LogP contribution in [0.3, 0.4) is 0 Å². The number of nitrogens with zero attached hydrogens (tertiary/aromatic N) is 5. The van der Waals surface area contributed by atoms with Gasteiger partial charge in [-0.3, -0.25) is 0 Å². The Kier molecular flexibility index (Phi) is 5.38. The molecule has 0 radical (unpaired) electrons. The molecule has 0 aliphatic heterocycles. The molecule has 0 fully saturated rings. The minimum absolute atomic E-state index is 0.219. The number of nitriles is 3. The molecule has 218 valence electrons. The number of rotatable bonds is 2. The highest BCUT2D eigenvalue weighted by Gasteiger charge is 2.36. The summed E-state index contributed by atoms with van der Waals surface area (Å²) >= 11 is 0. The van der Waals surface area contributed by atoms with Crippen molar-refractivity contribution in [2.24, 2.45) is 0 Å². The third-order valence-electron chi connectivity index (χ3n) is 9.97. The van der Waals surface area contributed by atoms with Crippen molar-refractivity contribution in [3.05, 3.63) is 143 Å². The second-order valence-corrected chi connectivity index (χ2v) is 12.8. The Balaban J connectivity index is 1.32. The summed E-state index contributed by atoms with van der Waals surface area (Å²) in [5.74, 6) is 0. The van der Waals surface area contributed by atoms with E-state index in [0.29, 0.717) is 16.7 Å². The summed E-state index contributed by atoms with van der Waals surface area (Å²) in [7, 11) is 0. The second kappa shape index (κ2) is 9.45. The maximum atomic E-state index is 9.66. The van der Waals surface area contributed by atoms with Crippen molar-refractivity contribution in [2.75, 3.05) is 0 Å². The van der Waals surface area contributed by atoms with Crippen LogP contribution in [0.1, 0.15) is 41.7 Å². The van der Waals surface area contributed by atoms with Crippen LogP contribution in [0, 0.1) is 34.0 Å². The maximum Gasteiger partial charge on any atom is 0.0991 e. The molecule has 1 aliphatic carbocycles. The summed E-state index contributed by atoms with van der Waals surface area (Å²) in [6.45, 7) is 4.53. The first-order chi connectivity index (χ1) is 22.9. The molecule has 0 atom stereocenters. The summed E-state index contributed by atoms with van der Waals surface area (Å²) < 4.78 is 4.57. The molecule has 6 aromatic carbocycles. The molecule has 2 aromatic heterocycles. The lowest BCUT2D eigenvalue weighted by atomic mass is 9.82. The van der Waals surface area contributed by atoms with Gasteiger partial charge in [-0.1, -0.05) is 44.2 Å². The number of hydrogen-bond acceptors (Lipinski definition) is 3. The molecule has 0 saturated heterocycles. The van der Waals surface area contributed by atoms with E-state index in [4.69, 9.17) is 0 Å². The van der Waals surface area contributed by atoms with Gasteiger partial charge in [0.25, 0.3) is 0 Å². The molecule has 47 heavy (non-hydrogen) atoms. The molecule has 5 nitrogen and oxygen atoms in total. The van der Waals surface area contributed by atoms with Gasteiger partial charge in [-0.15, -0.1) is 0 Å². The Morgan fingerprint density at radius 2 is 0.979 bits per heavy atom. The lowest BCUT2D eigenvalue weighted by Gasteiger charge is -2.22. The highest BCUT2D eigenvalue weighted by molar-refractivity contribution is 6.12. The van der Waals surface area contributed by atoms with Crippen molar-refractivity contribution in [3.63, 3.8) is 0 Å². The van der Waals surface area contributed by atoms with Crippen LogP contribution in [-0.4, -0.2) is 9.13 Å². The van der Waals surface area contributed by atoms with Gasteiger partial charge in [-0.2, -0.15) is 15.8 Å². The van der Waals surface area contributed by atoms with E-state index in [1.54, 1.807) is 0 Å². The fourth-order valence-corrected chi connectivity index (χ4v) is 7.77. The zero-order chi connectivity index (χ0) is 32.0. The van der Waals surface area contributed by atoms with E-state index in [1.807, 2.05) is 48.5 Å². The van der Waals surface area contributed by atoms with Crippen LogP contribution in [0.4, 0.5) is 0 Å². The second-order valence-electron chi connectivity index (χ2n) is 12.8. The number of fused-ring (bicyclic) bond motifs is 9. The Morgan fingerprint density at radius 3 is 1.64 bits per heavy atom. The van der Waals surface area contributed by atoms with Crippen molar-refractivity contribution in [1.29, 1.82) is 15.8 Å². The molecular weight excluding hydrogens is 574 g/mol. The van der Waals surface area contributed by atoms with Crippen LogP contribution in [0.2, 0.25) is 0 Å². The first-order valence-corrected chi connectivity index (χ1v) is 15.5. The fraction of sp³-hybridized carbons (Fsp3) is 0.0714. The van der Waals surface area contributed by atoms with Crippen molar-refractivity contribution < 1.29 is 0 Å². The van der Waals surface area contributed by atoms with Gasteiger partial charge in [0.15, 0.2) is 0 Å². The summed E-state index contributed by atoms with van der Waals surface area (Å²) in [5.41, 5.74) is 12.6. The summed E-state index contributed by atoms with van der Waals surface area (Å²) in [6, 6.07) is 46.2. The van der Waals surface area contributed by atoms with E-state index in [0.717, 1.165) is 49.8 Å². The van der Waals surface area contributed by atoms with Gasteiger partial charge in [-0.25, -0.2) is 0 Å². The standard InChI is InChI=1S/C42H25N5/c1-42(2)36-13-10-25(22-43)16-31(36)32-20-35-30-8-3-4-9-38(30)47(41(35)21-37(32)42)29-7-5-6-28(19-29)46-39-14-11-26(23-44)17-33(39)34-18-27(24-45)12-15-40(34)46/h3-21H,1-2H3. The highest BCUT2D eigenvalue weighted by atomic mass is 15.0. The molecule has 2 heterocycles. The lowest BCUT2D eigenvalue weighted by Crippen LogP contribution is -2.15. The molecule has 0 bridgehead atoms. The van der Waals surface area contributed by atoms with Gasteiger partial charge in [0, 0.05) is 38.3 Å². The number of hydrogen-bond donors (Lipinski definition) is 0. The third-order valence-corrected chi connectivity index (χ3v) is 9.97. The molecular formula is C42H25N5. The normalized spacial score (nSPS) is 13.0. The van der Waals surface area contributed by atoms with Crippen LogP contribution in [0.5, 0.6) is 0 Å². The topological polar surface area (TPSA) is 81.2 Å². The van der Waals surface area contributed by atoms with Crippen molar-refractivity contribution in [2.45, 2.75) is 19.3 Å². The van der Waals surface area contributed by atoms with Gasteiger partial charge in [0.2, 0.25) is 0 Å². The highest BCUT2D eigenvalue weighted by Crippen LogP contribution is 2.51. The minimum Gasteiger partial charge on any atom is -0.309 e. The molecule has 0 spiro atoms. The largest absolute Gasteiger partial charge is 0.309 e. The maximum absolute atomic E-state index is 9.66. The van der Waals surface area contributed by atoms with E-state index < -0.39 is 0 Å². The summed E-state index contributed by atoms with van der Waals surface area (Å²) in [6.07, 6.45) is 0. The molecule has 9 rings (SSSR count). The average molecular weight is 600 g/mol. The lowest BCUT2D eigenvalue weighted by molar-refractivity contribution is 0.661. The molecule has 0 amide bonds. The van der Waals surface area contributed by atoms with E-state index in [9.17, 15) is 15.8 Å². The zero-order valence-corrected chi connectivity index (χ0v) is 25.7. The molecule has 0 N–H and O–H groups in total. The zero-order valence-electron chi connectivity index (χ0n) is 25.7. The van der Waals surface area contributed by atoms with Gasteiger partial charge >= 0.3 is 0 Å². The fourth-order valence-electron chi connectivity index (χ4n) is 7.77. The number of benzene rings is 6. The Hall–Kier alpha value is -6.61. The van der Waals surface area contributed by atoms with Crippen molar-refractivity contribution in [1.82, 2.24) is 9.13 Å². The first-order valence-electron chi connectivity index (χ1n) is 15.5.